The molecule has 1 aromatic carbocycles. The molecule has 0 spiro atoms. The Morgan fingerprint density at radius 1 is 1.45 bits per heavy atom. The van der Waals surface area contributed by atoms with Crippen LogP contribution in [0.5, 0.6) is 0 Å². The third-order valence-corrected chi connectivity index (χ3v) is 3.60. The van der Waals surface area contributed by atoms with Gasteiger partial charge in [0.15, 0.2) is 0 Å². The number of nitrogens with one attached hydrogen (secondary N) is 1. The maximum absolute atomic E-state index is 13.2. The third kappa shape index (κ3) is 3.17. The minimum atomic E-state index is -0.415. The molecule has 0 fully saturated rings. The Labute approximate surface area is 122 Å². The molecule has 4 nitrogen and oxygen atoms in total. The number of hydrazine groups is 1. The highest BCUT2D eigenvalue weighted by atomic mass is 35.5. The first kappa shape index (κ1) is 15.0. The fourth-order valence-electron chi connectivity index (χ4n) is 2.19. The highest BCUT2D eigenvalue weighted by molar-refractivity contribution is 6.30. The summed E-state index contributed by atoms with van der Waals surface area (Å²) in [5.74, 6) is 5.23. The molecule has 108 valence electrons. The molecule has 1 aromatic heterocycles. The van der Waals surface area contributed by atoms with Crippen LogP contribution in [0.1, 0.15) is 29.9 Å². The number of nitrogens with two attached hydrogens (primary N) is 1. The number of benzene rings is 1. The molecule has 1 unspecified atom stereocenters. The normalized spacial score (nSPS) is 12.7. The summed E-state index contributed by atoms with van der Waals surface area (Å²) in [5.41, 5.74) is 5.70. The molecule has 1 atom stereocenters. The van der Waals surface area contributed by atoms with Crippen LogP contribution in [-0.4, -0.2) is 9.78 Å². The molecule has 0 saturated heterocycles. The van der Waals surface area contributed by atoms with Crippen molar-refractivity contribution in [2.75, 3.05) is 0 Å². The van der Waals surface area contributed by atoms with Crippen LogP contribution in [0, 0.1) is 5.82 Å². The van der Waals surface area contributed by atoms with Gasteiger partial charge in [-0.2, -0.15) is 5.10 Å². The summed E-state index contributed by atoms with van der Waals surface area (Å²) in [6.45, 7) is 2.05. The van der Waals surface area contributed by atoms with Gasteiger partial charge >= 0.3 is 0 Å². The number of halogens is 2. The predicted molar refractivity (Wildman–Crippen MR) is 77.8 cm³/mol. The summed E-state index contributed by atoms with van der Waals surface area (Å²) < 4.78 is 15.0. The lowest BCUT2D eigenvalue weighted by Crippen LogP contribution is -2.31. The Hall–Kier alpha value is -1.43. The molecule has 2 rings (SSSR count). The van der Waals surface area contributed by atoms with E-state index in [1.807, 2.05) is 17.8 Å². The van der Waals surface area contributed by atoms with Gasteiger partial charge in [0.2, 0.25) is 0 Å². The van der Waals surface area contributed by atoms with Gasteiger partial charge in [0.25, 0.3) is 0 Å². The summed E-state index contributed by atoms with van der Waals surface area (Å²) >= 11 is 5.80. The molecule has 1 heterocycles. The molecule has 0 aliphatic rings. The van der Waals surface area contributed by atoms with Crippen molar-refractivity contribution in [2.45, 2.75) is 25.8 Å². The van der Waals surface area contributed by atoms with Crippen LogP contribution in [0.3, 0.4) is 0 Å². The number of aromatic nitrogens is 2. The second-order valence-corrected chi connectivity index (χ2v) is 5.12. The summed E-state index contributed by atoms with van der Waals surface area (Å²) in [7, 11) is 1.89. The van der Waals surface area contributed by atoms with Crippen molar-refractivity contribution < 1.29 is 4.39 Å². The van der Waals surface area contributed by atoms with E-state index < -0.39 is 5.82 Å². The smallest absolute Gasteiger partial charge is 0.141 e. The van der Waals surface area contributed by atoms with Gasteiger partial charge in [-0.05, 0) is 36.6 Å². The van der Waals surface area contributed by atoms with Gasteiger partial charge in [-0.1, -0.05) is 24.6 Å². The van der Waals surface area contributed by atoms with Gasteiger partial charge in [0.05, 0.1) is 22.5 Å². The van der Waals surface area contributed by atoms with Gasteiger partial charge in [0.1, 0.15) is 5.82 Å². The van der Waals surface area contributed by atoms with E-state index in [-0.39, 0.29) is 11.1 Å². The summed E-state index contributed by atoms with van der Waals surface area (Å²) in [5, 5.41) is 4.53. The average Bonchev–Trinajstić information content (AvgIpc) is 2.81. The highest BCUT2D eigenvalue weighted by Gasteiger charge is 2.16. The SMILES string of the molecule is CCc1cc(C(Cc2ccc(F)c(Cl)c2)NN)n(C)n1. The first-order chi connectivity index (χ1) is 9.55. The molecule has 0 bridgehead atoms. The lowest BCUT2D eigenvalue weighted by Gasteiger charge is -2.16. The largest absolute Gasteiger partial charge is 0.271 e. The highest BCUT2D eigenvalue weighted by Crippen LogP contribution is 2.22. The molecule has 0 aliphatic heterocycles. The van der Waals surface area contributed by atoms with Gasteiger partial charge in [-0.3, -0.25) is 16.0 Å². The zero-order chi connectivity index (χ0) is 14.7. The van der Waals surface area contributed by atoms with Gasteiger partial charge in [-0.25, -0.2) is 4.39 Å². The van der Waals surface area contributed by atoms with Gasteiger partial charge in [-0.15, -0.1) is 0 Å². The summed E-state index contributed by atoms with van der Waals surface area (Å²) in [6, 6.07) is 6.62. The van der Waals surface area contributed by atoms with Crippen LogP contribution in [0.25, 0.3) is 0 Å². The molecule has 0 aliphatic carbocycles. The van der Waals surface area contributed by atoms with Crippen molar-refractivity contribution in [1.82, 2.24) is 15.2 Å². The zero-order valence-electron chi connectivity index (χ0n) is 11.5. The molecule has 0 amide bonds. The van der Waals surface area contributed by atoms with Crippen LogP contribution in [0.15, 0.2) is 24.3 Å². The van der Waals surface area contributed by atoms with Crippen LogP contribution in [0.4, 0.5) is 4.39 Å². The van der Waals surface area contributed by atoms with Crippen molar-refractivity contribution in [3.05, 3.63) is 52.1 Å². The van der Waals surface area contributed by atoms with Gasteiger partial charge in [0, 0.05) is 7.05 Å². The fourth-order valence-corrected chi connectivity index (χ4v) is 2.40. The van der Waals surface area contributed by atoms with E-state index in [9.17, 15) is 4.39 Å². The zero-order valence-corrected chi connectivity index (χ0v) is 12.3. The standard InChI is InChI=1S/C14H18ClFN4/c1-3-10-8-14(20(2)19-10)13(18-17)7-9-4-5-12(16)11(15)6-9/h4-6,8,13,18H,3,7,17H2,1-2H3. The monoisotopic (exact) mass is 296 g/mol. The predicted octanol–water partition coefficient (Wildman–Crippen LogP) is 2.52. The van der Waals surface area contributed by atoms with E-state index in [2.05, 4.69) is 17.4 Å². The van der Waals surface area contributed by atoms with E-state index in [1.54, 1.807) is 12.1 Å². The van der Waals surface area contributed by atoms with E-state index >= 15 is 0 Å². The van der Waals surface area contributed by atoms with Crippen molar-refractivity contribution in [1.29, 1.82) is 0 Å². The molecule has 3 N–H and O–H groups in total. The Balaban J connectivity index is 2.23. The molecule has 20 heavy (non-hydrogen) atoms. The molecule has 0 saturated carbocycles. The molecule has 0 radical (unpaired) electrons. The van der Waals surface area contributed by atoms with E-state index in [1.165, 1.54) is 6.07 Å². The maximum Gasteiger partial charge on any atom is 0.141 e. The third-order valence-electron chi connectivity index (χ3n) is 3.31. The lowest BCUT2D eigenvalue weighted by atomic mass is 10.0. The van der Waals surface area contributed by atoms with Crippen LogP contribution in [-0.2, 0) is 19.9 Å². The Kier molecular flexibility index (Phi) is 4.75. The quantitative estimate of drug-likeness (QED) is 0.658. The Bertz CT molecular complexity index is 597. The summed E-state index contributed by atoms with van der Waals surface area (Å²) in [6.07, 6.45) is 1.48. The van der Waals surface area contributed by atoms with Gasteiger partial charge < -0.3 is 0 Å². The molecule has 6 heteroatoms. The first-order valence-electron chi connectivity index (χ1n) is 6.48. The van der Waals surface area contributed by atoms with E-state index in [0.717, 1.165) is 23.4 Å². The van der Waals surface area contributed by atoms with Crippen LogP contribution >= 0.6 is 11.6 Å². The molecule has 2 aromatic rings. The van der Waals surface area contributed by atoms with Crippen LogP contribution < -0.4 is 11.3 Å². The molecular weight excluding hydrogens is 279 g/mol. The Morgan fingerprint density at radius 2 is 2.20 bits per heavy atom. The second-order valence-electron chi connectivity index (χ2n) is 4.71. The minimum absolute atomic E-state index is 0.102. The number of hydrogen-bond donors (Lipinski definition) is 2. The minimum Gasteiger partial charge on any atom is -0.271 e. The lowest BCUT2D eigenvalue weighted by molar-refractivity contribution is 0.507. The second kappa shape index (κ2) is 6.35. The number of nitrogens with zero attached hydrogens (tertiary/aromatic N) is 2. The summed E-state index contributed by atoms with van der Waals surface area (Å²) in [4.78, 5) is 0. The fraction of sp³-hybridized carbons (Fsp3) is 0.357. The number of rotatable bonds is 5. The van der Waals surface area contributed by atoms with E-state index in [0.29, 0.717) is 6.42 Å². The average molecular weight is 297 g/mol. The maximum atomic E-state index is 13.2. The van der Waals surface area contributed by atoms with Crippen molar-refractivity contribution in [3.63, 3.8) is 0 Å². The first-order valence-corrected chi connectivity index (χ1v) is 6.85. The van der Waals surface area contributed by atoms with E-state index in [4.69, 9.17) is 17.4 Å². The van der Waals surface area contributed by atoms with Crippen molar-refractivity contribution >= 4 is 11.6 Å². The Morgan fingerprint density at radius 3 is 2.75 bits per heavy atom. The van der Waals surface area contributed by atoms with Crippen molar-refractivity contribution in [2.24, 2.45) is 12.9 Å². The number of aryl methyl sites for hydroxylation is 2. The topological polar surface area (TPSA) is 55.9 Å². The van der Waals surface area contributed by atoms with Crippen LogP contribution in [0.2, 0.25) is 5.02 Å². The van der Waals surface area contributed by atoms with Crippen molar-refractivity contribution in [3.8, 4) is 0 Å². The number of hydrogen-bond acceptors (Lipinski definition) is 3. The molecular formula is C14H18ClFN4.